The van der Waals surface area contributed by atoms with Crippen LogP contribution in [0.15, 0.2) is 83.8 Å². The van der Waals surface area contributed by atoms with Gasteiger partial charge in [-0.3, -0.25) is 0 Å². The molecule has 0 saturated heterocycles. The van der Waals surface area contributed by atoms with Crippen LogP contribution in [-0.4, -0.2) is 10.5 Å². The molecule has 0 bridgehead atoms. The Balaban J connectivity index is 2.34. The van der Waals surface area contributed by atoms with Gasteiger partial charge >= 0.3 is 0 Å². The molecule has 0 aliphatic rings. The molecule has 0 saturated carbocycles. The summed E-state index contributed by atoms with van der Waals surface area (Å²) >= 11 is 0. The number of nitrogens with one attached hydrogen (secondary N) is 1. The van der Waals surface area contributed by atoms with Crippen molar-refractivity contribution in [1.29, 1.82) is 4.78 Å². The maximum absolute atomic E-state index is 12.6. The summed E-state index contributed by atoms with van der Waals surface area (Å²) in [4.78, 5) is 0.604. The standard InChI is InChI=1S/C19H17NOS/c1-22(20,21)19-17(15-9-4-2-5-10-15)13-8-14-18(19)16-11-6-3-7-12-16/h2-14,20H,1H3. The number of benzene rings is 3. The van der Waals surface area contributed by atoms with Crippen LogP contribution in [0.5, 0.6) is 0 Å². The lowest BCUT2D eigenvalue weighted by atomic mass is 9.99. The maximum atomic E-state index is 12.6. The lowest BCUT2D eigenvalue weighted by molar-refractivity contribution is 0.679. The number of hydrogen-bond acceptors (Lipinski definition) is 2. The van der Waals surface area contributed by atoms with Crippen LogP contribution in [0.3, 0.4) is 0 Å². The van der Waals surface area contributed by atoms with Crippen molar-refractivity contribution in [3.05, 3.63) is 78.9 Å². The van der Waals surface area contributed by atoms with Crippen LogP contribution >= 0.6 is 0 Å². The summed E-state index contributed by atoms with van der Waals surface area (Å²) in [7, 11) is -2.86. The van der Waals surface area contributed by atoms with Gasteiger partial charge in [0.05, 0.1) is 14.6 Å². The molecular weight excluding hydrogens is 290 g/mol. The van der Waals surface area contributed by atoms with Crippen molar-refractivity contribution in [3.63, 3.8) is 0 Å². The van der Waals surface area contributed by atoms with Gasteiger partial charge in [0.2, 0.25) is 0 Å². The van der Waals surface area contributed by atoms with Crippen LogP contribution in [0.2, 0.25) is 0 Å². The van der Waals surface area contributed by atoms with E-state index < -0.39 is 9.73 Å². The van der Waals surface area contributed by atoms with Crippen molar-refractivity contribution in [3.8, 4) is 22.3 Å². The second-order valence-corrected chi connectivity index (χ2v) is 7.35. The van der Waals surface area contributed by atoms with E-state index in [2.05, 4.69) is 0 Å². The van der Waals surface area contributed by atoms with Crippen LogP contribution in [0.25, 0.3) is 22.3 Å². The van der Waals surface area contributed by atoms with E-state index in [0.717, 1.165) is 22.3 Å². The predicted molar refractivity (Wildman–Crippen MR) is 92.4 cm³/mol. The summed E-state index contributed by atoms with van der Waals surface area (Å²) in [6, 6.07) is 25.5. The summed E-state index contributed by atoms with van der Waals surface area (Å²) in [5.41, 5.74) is 3.70. The summed E-state index contributed by atoms with van der Waals surface area (Å²) in [5.74, 6) is 0. The van der Waals surface area contributed by atoms with Crippen molar-refractivity contribution in [1.82, 2.24) is 0 Å². The topological polar surface area (TPSA) is 40.9 Å². The fourth-order valence-electron chi connectivity index (χ4n) is 2.65. The minimum atomic E-state index is -2.86. The van der Waals surface area contributed by atoms with E-state index in [-0.39, 0.29) is 0 Å². The molecule has 3 heteroatoms. The maximum Gasteiger partial charge on any atom is 0.0709 e. The molecule has 3 aromatic rings. The highest BCUT2D eigenvalue weighted by Gasteiger charge is 2.17. The van der Waals surface area contributed by atoms with Gasteiger partial charge in [-0.2, -0.15) is 0 Å². The molecule has 3 rings (SSSR count). The van der Waals surface area contributed by atoms with Crippen LogP contribution < -0.4 is 0 Å². The second kappa shape index (κ2) is 5.78. The Labute approximate surface area is 131 Å². The molecule has 22 heavy (non-hydrogen) atoms. The lowest BCUT2D eigenvalue weighted by Gasteiger charge is -2.15. The third kappa shape index (κ3) is 2.81. The van der Waals surface area contributed by atoms with E-state index in [4.69, 9.17) is 4.78 Å². The first-order valence-electron chi connectivity index (χ1n) is 7.05. The number of hydrogen-bond donors (Lipinski definition) is 1. The Morgan fingerprint density at radius 1 is 0.682 bits per heavy atom. The first-order valence-corrected chi connectivity index (χ1v) is 9.01. The molecule has 1 unspecified atom stereocenters. The van der Waals surface area contributed by atoms with Gasteiger partial charge < -0.3 is 0 Å². The van der Waals surface area contributed by atoms with E-state index in [0.29, 0.717) is 4.90 Å². The highest BCUT2D eigenvalue weighted by Crippen LogP contribution is 2.35. The normalized spacial score (nSPS) is 13.5. The zero-order valence-corrected chi connectivity index (χ0v) is 13.1. The van der Waals surface area contributed by atoms with Gasteiger partial charge in [-0.25, -0.2) is 8.99 Å². The average molecular weight is 307 g/mol. The van der Waals surface area contributed by atoms with Crippen molar-refractivity contribution in [2.24, 2.45) is 0 Å². The SMILES string of the molecule is CS(=N)(=O)c1c(-c2ccccc2)cccc1-c1ccccc1. The molecule has 0 aliphatic carbocycles. The lowest BCUT2D eigenvalue weighted by Crippen LogP contribution is -2.01. The van der Waals surface area contributed by atoms with E-state index >= 15 is 0 Å². The smallest absolute Gasteiger partial charge is 0.0709 e. The Morgan fingerprint density at radius 3 is 1.45 bits per heavy atom. The fraction of sp³-hybridized carbons (Fsp3) is 0.0526. The average Bonchev–Trinajstić information content (AvgIpc) is 2.55. The molecule has 0 fully saturated rings. The quantitative estimate of drug-likeness (QED) is 0.722. The predicted octanol–water partition coefficient (Wildman–Crippen LogP) is 5.06. The van der Waals surface area contributed by atoms with Gasteiger partial charge in [0.15, 0.2) is 0 Å². The minimum Gasteiger partial charge on any atom is -0.249 e. The molecule has 2 nitrogen and oxygen atoms in total. The first-order chi connectivity index (χ1) is 10.6. The van der Waals surface area contributed by atoms with Crippen LogP contribution in [0, 0.1) is 4.78 Å². The molecule has 0 aliphatic heterocycles. The van der Waals surface area contributed by atoms with Crippen molar-refractivity contribution in [2.45, 2.75) is 4.90 Å². The van der Waals surface area contributed by atoms with E-state index in [9.17, 15) is 4.21 Å². The third-order valence-electron chi connectivity index (χ3n) is 3.57. The Kier molecular flexibility index (Phi) is 3.82. The van der Waals surface area contributed by atoms with Crippen molar-refractivity contribution < 1.29 is 4.21 Å². The van der Waals surface area contributed by atoms with Crippen LogP contribution in [-0.2, 0) is 9.73 Å². The second-order valence-electron chi connectivity index (χ2n) is 5.26. The molecule has 1 N–H and O–H groups in total. The molecule has 3 aromatic carbocycles. The summed E-state index contributed by atoms with van der Waals surface area (Å²) in [5, 5.41) is 0. The van der Waals surface area contributed by atoms with Crippen molar-refractivity contribution in [2.75, 3.05) is 6.26 Å². The molecule has 0 radical (unpaired) electrons. The minimum absolute atomic E-state index is 0.604. The molecule has 0 heterocycles. The highest BCUT2D eigenvalue weighted by molar-refractivity contribution is 7.92. The summed E-state index contributed by atoms with van der Waals surface area (Å²) < 4.78 is 20.8. The highest BCUT2D eigenvalue weighted by atomic mass is 32.2. The van der Waals surface area contributed by atoms with E-state index in [1.54, 1.807) is 0 Å². The van der Waals surface area contributed by atoms with Gasteiger partial charge in [-0.15, -0.1) is 0 Å². The Morgan fingerprint density at radius 2 is 1.09 bits per heavy atom. The van der Waals surface area contributed by atoms with Gasteiger partial charge in [-0.05, 0) is 22.3 Å². The first kappa shape index (κ1) is 14.5. The Bertz CT molecular complexity index is 827. The van der Waals surface area contributed by atoms with Gasteiger partial charge in [0.25, 0.3) is 0 Å². The van der Waals surface area contributed by atoms with E-state index in [1.165, 1.54) is 6.26 Å². The van der Waals surface area contributed by atoms with Gasteiger partial charge in [-0.1, -0.05) is 78.9 Å². The number of rotatable bonds is 3. The van der Waals surface area contributed by atoms with Crippen LogP contribution in [0.1, 0.15) is 0 Å². The Hall–Kier alpha value is -2.39. The van der Waals surface area contributed by atoms with Gasteiger partial charge in [0, 0.05) is 6.26 Å². The zero-order valence-electron chi connectivity index (χ0n) is 12.3. The van der Waals surface area contributed by atoms with E-state index in [1.807, 2.05) is 78.9 Å². The third-order valence-corrected chi connectivity index (χ3v) is 4.79. The molecule has 1 atom stereocenters. The van der Waals surface area contributed by atoms with Crippen molar-refractivity contribution >= 4 is 9.73 Å². The largest absolute Gasteiger partial charge is 0.249 e. The van der Waals surface area contributed by atoms with Gasteiger partial charge in [0.1, 0.15) is 0 Å². The summed E-state index contributed by atoms with van der Waals surface area (Å²) in [6.45, 7) is 0. The molecular formula is C19H17NOS. The summed E-state index contributed by atoms with van der Waals surface area (Å²) in [6.07, 6.45) is 1.49. The molecule has 0 spiro atoms. The monoisotopic (exact) mass is 307 g/mol. The zero-order chi connectivity index (χ0) is 15.6. The molecule has 110 valence electrons. The molecule has 0 aromatic heterocycles. The fourth-order valence-corrected chi connectivity index (χ4v) is 3.86. The van der Waals surface area contributed by atoms with Crippen LogP contribution in [0.4, 0.5) is 0 Å². The molecule has 0 amide bonds.